The van der Waals surface area contributed by atoms with Gasteiger partial charge < -0.3 is 11.1 Å². The molecule has 2 aromatic rings. The highest BCUT2D eigenvalue weighted by atomic mass is 32.2. The fraction of sp³-hybridized carbons (Fsp3) is 0.231. The first-order valence-corrected chi connectivity index (χ1v) is 7.00. The van der Waals surface area contributed by atoms with Gasteiger partial charge in [0.25, 0.3) is 5.91 Å². The Labute approximate surface area is 116 Å². The molecule has 0 aliphatic rings. The third-order valence-electron chi connectivity index (χ3n) is 2.81. The van der Waals surface area contributed by atoms with Crippen molar-refractivity contribution in [3.8, 4) is 0 Å². The van der Waals surface area contributed by atoms with Gasteiger partial charge in [0.2, 0.25) is 0 Å². The van der Waals surface area contributed by atoms with Crippen LogP contribution in [0.2, 0.25) is 0 Å². The van der Waals surface area contributed by atoms with E-state index in [0.717, 1.165) is 10.6 Å². The van der Waals surface area contributed by atoms with E-state index in [1.54, 1.807) is 25.7 Å². The van der Waals surface area contributed by atoms with Gasteiger partial charge in [-0.3, -0.25) is 9.48 Å². The molecule has 3 N–H and O–H groups in total. The van der Waals surface area contributed by atoms with Crippen molar-refractivity contribution in [2.75, 3.05) is 17.3 Å². The van der Waals surface area contributed by atoms with E-state index in [4.69, 9.17) is 5.73 Å². The van der Waals surface area contributed by atoms with Gasteiger partial charge in [0.1, 0.15) is 5.69 Å². The number of rotatable bonds is 3. The van der Waals surface area contributed by atoms with Crippen LogP contribution in [-0.2, 0) is 7.05 Å². The number of nitrogen functional groups attached to an aromatic ring is 1. The molecule has 0 spiro atoms. The van der Waals surface area contributed by atoms with Gasteiger partial charge in [-0.05, 0) is 31.4 Å². The van der Waals surface area contributed by atoms with E-state index in [1.165, 1.54) is 4.68 Å². The van der Waals surface area contributed by atoms with E-state index in [9.17, 15) is 4.79 Å². The fourth-order valence-corrected chi connectivity index (χ4v) is 2.29. The van der Waals surface area contributed by atoms with Crippen LogP contribution in [0, 0.1) is 6.92 Å². The highest BCUT2D eigenvalue weighted by molar-refractivity contribution is 7.98. The molecule has 0 saturated carbocycles. The molecule has 100 valence electrons. The summed E-state index contributed by atoms with van der Waals surface area (Å²) in [5.74, 6) is -0.251. The number of amides is 1. The van der Waals surface area contributed by atoms with Gasteiger partial charge in [-0.15, -0.1) is 11.8 Å². The van der Waals surface area contributed by atoms with Gasteiger partial charge in [-0.1, -0.05) is 6.07 Å². The third-order valence-corrected chi connectivity index (χ3v) is 3.54. The first kappa shape index (κ1) is 13.5. The van der Waals surface area contributed by atoms with Crippen LogP contribution < -0.4 is 11.1 Å². The fourth-order valence-electron chi connectivity index (χ4n) is 1.83. The van der Waals surface area contributed by atoms with Crippen molar-refractivity contribution in [1.82, 2.24) is 9.78 Å². The van der Waals surface area contributed by atoms with Gasteiger partial charge in [-0.2, -0.15) is 5.10 Å². The first-order valence-electron chi connectivity index (χ1n) is 5.77. The minimum absolute atomic E-state index is 0.251. The van der Waals surface area contributed by atoms with E-state index in [-0.39, 0.29) is 5.91 Å². The average molecular weight is 276 g/mol. The lowest BCUT2D eigenvalue weighted by atomic mass is 10.2. The van der Waals surface area contributed by atoms with Crippen LogP contribution in [0.3, 0.4) is 0 Å². The molecule has 1 aromatic carbocycles. The van der Waals surface area contributed by atoms with Crippen molar-refractivity contribution in [3.05, 3.63) is 35.7 Å². The molecule has 0 saturated heterocycles. The summed E-state index contributed by atoms with van der Waals surface area (Å²) < 4.78 is 1.50. The van der Waals surface area contributed by atoms with Crippen molar-refractivity contribution in [1.29, 1.82) is 0 Å². The number of aromatic nitrogens is 2. The predicted octanol–water partition coefficient (Wildman–Crippen LogP) is 2.28. The van der Waals surface area contributed by atoms with Crippen molar-refractivity contribution in [2.24, 2.45) is 7.05 Å². The van der Waals surface area contributed by atoms with Crippen LogP contribution in [0.25, 0.3) is 0 Å². The Hall–Kier alpha value is -1.95. The van der Waals surface area contributed by atoms with E-state index in [2.05, 4.69) is 10.4 Å². The largest absolute Gasteiger partial charge is 0.395 e. The van der Waals surface area contributed by atoms with Crippen LogP contribution in [0.4, 0.5) is 11.4 Å². The molecule has 19 heavy (non-hydrogen) atoms. The Kier molecular flexibility index (Phi) is 3.80. The molecule has 5 nitrogen and oxygen atoms in total. The molecule has 1 heterocycles. The monoisotopic (exact) mass is 276 g/mol. The second-order valence-electron chi connectivity index (χ2n) is 4.16. The number of nitrogens with two attached hydrogens (primary N) is 1. The van der Waals surface area contributed by atoms with Gasteiger partial charge >= 0.3 is 0 Å². The Bertz CT molecular complexity index is 621. The van der Waals surface area contributed by atoms with Crippen LogP contribution in [0.5, 0.6) is 0 Å². The molecule has 0 fully saturated rings. The number of hydrogen-bond acceptors (Lipinski definition) is 4. The van der Waals surface area contributed by atoms with Gasteiger partial charge in [0.15, 0.2) is 0 Å². The summed E-state index contributed by atoms with van der Waals surface area (Å²) in [6.07, 6.45) is 1.99. The zero-order valence-electron chi connectivity index (χ0n) is 11.1. The summed E-state index contributed by atoms with van der Waals surface area (Å²) in [6, 6.07) is 7.65. The maximum absolute atomic E-state index is 12.2. The molecule has 1 aromatic heterocycles. The number of carbonyl (C=O) groups is 1. The summed E-state index contributed by atoms with van der Waals surface area (Å²) in [5.41, 5.74) is 8.07. The van der Waals surface area contributed by atoms with Crippen molar-refractivity contribution in [2.45, 2.75) is 11.8 Å². The second kappa shape index (κ2) is 5.36. The van der Waals surface area contributed by atoms with Crippen LogP contribution in [0.15, 0.2) is 29.2 Å². The van der Waals surface area contributed by atoms with Crippen LogP contribution >= 0.6 is 11.8 Å². The number of benzene rings is 1. The minimum Gasteiger partial charge on any atom is -0.395 e. The molecule has 6 heteroatoms. The van der Waals surface area contributed by atoms with Crippen molar-refractivity contribution < 1.29 is 4.79 Å². The van der Waals surface area contributed by atoms with Gasteiger partial charge in [0, 0.05) is 17.6 Å². The van der Waals surface area contributed by atoms with E-state index < -0.39 is 0 Å². The zero-order chi connectivity index (χ0) is 14.0. The maximum atomic E-state index is 12.2. The molecule has 0 aliphatic carbocycles. The Morgan fingerprint density at radius 2 is 2.21 bits per heavy atom. The standard InChI is InChI=1S/C13H16N4OS/c1-8-11(14)12(17(2)16-8)13(18)15-9-5-4-6-10(7-9)19-3/h4-7H,14H2,1-3H3,(H,15,18). The molecular formula is C13H16N4OS. The molecule has 1 amide bonds. The summed E-state index contributed by atoms with van der Waals surface area (Å²) in [6.45, 7) is 1.78. The number of hydrogen-bond donors (Lipinski definition) is 2. The van der Waals surface area contributed by atoms with Crippen LogP contribution in [0.1, 0.15) is 16.2 Å². The topological polar surface area (TPSA) is 72.9 Å². The third kappa shape index (κ3) is 2.73. The maximum Gasteiger partial charge on any atom is 0.276 e. The van der Waals surface area contributed by atoms with E-state index in [1.807, 2.05) is 30.5 Å². The average Bonchev–Trinajstić information content (AvgIpc) is 2.63. The Morgan fingerprint density at radius 1 is 1.47 bits per heavy atom. The van der Waals surface area contributed by atoms with Crippen molar-refractivity contribution >= 4 is 29.0 Å². The number of anilines is 2. The SMILES string of the molecule is CSc1cccc(NC(=O)c2c(N)c(C)nn2C)c1. The summed E-state index contributed by atoms with van der Waals surface area (Å²) >= 11 is 1.62. The lowest BCUT2D eigenvalue weighted by Gasteiger charge is -2.07. The number of aryl methyl sites for hydroxylation is 2. The second-order valence-corrected chi connectivity index (χ2v) is 5.04. The molecule has 0 unspecified atom stereocenters. The number of thioether (sulfide) groups is 1. The summed E-state index contributed by atoms with van der Waals surface area (Å²) in [4.78, 5) is 13.3. The summed E-state index contributed by atoms with van der Waals surface area (Å²) in [7, 11) is 1.70. The quantitative estimate of drug-likeness (QED) is 0.844. The molecular weight excluding hydrogens is 260 g/mol. The molecule has 0 aliphatic heterocycles. The van der Waals surface area contributed by atoms with E-state index in [0.29, 0.717) is 17.1 Å². The predicted molar refractivity (Wildman–Crippen MR) is 78.5 cm³/mol. The lowest BCUT2D eigenvalue weighted by Crippen LogP contribution is -2.17. The highest BCUT2D eigenvalue weighted by Gasteiger charge is 2.17. The lowest BCUT2D eigenvalue weighted by molar-refractivity contribution is 0.101. The summed E-state index contributed by atoms with van der Waals surface area (Å²) in [5, 5.41) is 6.97. The smallest absolute Gasteiger partial charge is 0.276 e. The van der Waals surface area contributed by atoms with Crippen molar-refractivity contribution in [3.63, 3.8) is 0 Å². The highest BCUT2D eigenvalue weighted by Crippen LogP contribution is 2.21. The number of carbonyl (C=O) groups excluding carboxylic acids is 1. The van der Waals surface area contributed by atoms with Gasteiger partial charge in [-0.25, -0.2) is 0 Å². The number of nitrogens with one attached hydrogen (secondary N) is 1. The Balaban J connectivity index is 2.25. The first-order chi connectivity index (χ1) is 9.02. The number of nitrogens with zero attached hydrogens (tertiary/aromatic N) is 2. The Morgan fingerprint density at radius 3 is 2.79 bits per heavy atom. The van der Waals surface area contributed by atoms with Gasteiger partial charge in [0.05, 0.1) is 11.4 Å². The van der Waals surface area contributed by atoms with E-state index >= 15 is 0 Å². The molecule has 0 atom stereocenters. The molecule has 0 bridgehead atoms. The minimum atomic E-state index is -0.251. The normalized spacial score (nSPS) is 10.5. The van der Waals surface area contributed by atoms with Crippen LogP contribution in [-0.4, -0.2) is 21.9 Å². The molecule has 2 rings (SSSR count). The zero-order valence-corrected chi connectivity index (χ0v) is 11.9. The molecule has 0 radical (unpaired) electrons.